The summed E-state index contributed by atoms with van der Waals surface area (Å²) >= 11 is 0. The SMILES string of the molecule is CC(C)C1c2ccc(F)cc2CC[C@]1(O)CCN(C)CCC1(c2nc3ccccc3[nH]2)CC1. The summed E-state index contributed by atoms with van der Waals surface area (Å²) in [6.45, 7) is 6.18. The van der Waals surface area contributed by atoms with Gasteiger partial charge in [0, 0.05) is 17.9 Å². The maximum atomic E-state index is 13.8. The van der Waals surface area contributed by atoms with Crippen LogP contribution >= 0.6 is 0 Å². The molecule has 0 bridgehead atoms. The molecule has 2 aliphatic carbocycles. The minimum absolute atomic E-state index is 0.0422. The number of fused-ring (bicyclic) bond motifs is 2. The Labute approximate surface area is 196 Å². The Morgan fingerprint density at radius 2 is 1.88 bits per heavy atom. The van der Waals surface area contributed by atoms with Crippen molar-refractivity contribution in [1.29, 1.82) is 0 Å². The van der Waals surface area contributed by atoms with Crippen molar-refractivity contribution in [2.45, 2.75) is 69.3 Å². The molecule has 4 nitrogen and oxygen atoms in total. The Bertz CT molecular complexity index is 1100. The van der Waals surface area contributed by atoms with E-state index in [4.69, 9.17) is 4.98 Å². The van der Waals surface area contributed by atoms with Crippen LogP contribution in [-0.2, 0) is 11.8 Å². The van der Waals surface area contributed by atoms with E-state index in [0.717, 1.165) is 60.3 Å². The van der Waals surface area contributed by atoms with E-state index in [0.29, 0.717) is 12.3 Å². The summed E-state index contributed by atoms with van der Waals surface area (Å²) < 4.78 is 13.8. The summed E-state index contributed by atoms with van der Waals surface area (Å²) in [6.07, 6.45) is 5.63. The van der Waals surface area contributed by atoms with Crippen LogP contribution in [0, 0.1) is 11.7 Å². The van der Waals surface area contributed by atoms with Crippen LogP contribution in [0.4, 0.5) is 4.39 Å². The summed E-state index contributed by atoms with van der Waals surface area (Å²) in [5.41, 5.74) is 3.79. The molecule has 1 saturated carbocycles. The van der Waals surface area contributed by atoms with Gasteiger partial charge in [0.15, 0.2) is 0 Å². The van der Waals surface area contributed by atoms with E-state index < -0.39 is 5.60 Å². The molecular weight excluding hydrogens is 413 g/mol. The van der Waals surface area contributed by atoms with Crippen LogP contribution in [-0.4, -0.2) is 45.7 Å². The number of nitrogens with one attached hydrogen (secondary N) is 1. The molecule has 2 aliphatic rings. The fourth-order valence-electron chi connectivity index (χ4n) is 6.01. The van der Waals surface area contributed by atoms with Crippen LogP contribution in [0.25, 0.3) is 11.0 Å². The summed E-state index contributed by atoms with van der Waals surface area (Å²) in [4.78, 5) is 10.8. The number of aromatic amines is 1. The largest absolute Gasteiger partial charge is 0.389 e. The molecule has 5 rings (SSSR count). The van der Waals surface area contributed by atoms with E-state index >= 15 is 0 Å². The highest BCUT2D eigenvalue weighted by atomic mass is 19.1. The van der Waals surface area contributed by atoms with Gasteiger partial charge in [-0.3, -0.25) is 0 Å². The molecule has 1 fully saturated rings. The van der Waals surface area contributed by atoms with Crippen molar-refractivity contribution >= 4 is 11.0 Å². The zero-order valence-corrected chi connectivity index (χ0v) is 20.1. The van der Waals surface area contributed by atoms with Gasteiger partial charge < -0.3 is 15.0 Å². The average molecular weight is 450 g/mol. The second-order valence-corrected chi connectivity index (χ2v) is 10.9. The van der Waals surface area contributed by atoms with Crippen molar-refractivity contribution in [3.05, 3.63) is 65.2 Å². The van der Waals surface area contributed by atoms with Crippen molar-refractivity contribution < 1.29 is 9.50 Å². The van der Waals surface area contributed by atoms with Crippen molar-refractivity contribution in [2.75, 3.05) is 20.1 Å². The van der Waals surface area contributed by atoms with Crippen LogP contribution in [0.1, 0.15) is 68.8 Å². The third-order valence-electron chi connectivity index (χ3n) is 8.16. The molecule has 5 heteroatoms. The van der Waals surface area contributed by atoms with Gasteiger partial charge in [0.05, 0.1) is 16.6 Å². The number of rotatable bonds is 8. The molecule has 2 N–H and O–H groups in total. The third kappa shape index (κ3) is 4.33. The smallest absolute Gasteiger partial charge is 0.123 e. The first-order valence-electron chi connectivity index (χ1n) is 12.4. The summed E-state index contributed by atoms with van der Waals surface area (Å²) in [5.74, 6) is 1.29. The number of nitrogens with zero attached hydrogens (tertiary/aromatic N) is 2. The zero-order valence-electron chi connectivity index (χ0n) is 20.1. The monoisotopic (exact) mass is 449 g/mol. The molecule has 3 aromatic rings. The molecule has 0 aliphatic heterocycles. The van der Waals surface area contributed by atoms with Crippen LogP contribution in [0.5, 0.6) is 0 Å². The maximum absolute atomic E-state index is 13.8. The van der Waals surface area contributed by atoms with Gasteiger partial charge in [-0.15, -0.1) is 0 Å². The second-order valence-electron chi connectivity index (χ2n) is 10.9. The van der Waals surface area contributed by atoms with Gasteiger partial charge in [-0.05, 0) is 93.4 Å². The highest BCUT2D eigenvalue weighted by Gasteiger charge is 2.47. The minimum atomic E-state index is -0.747. The number of aliphatic hydroxyl groups is 1. The van der Waals surface area contributed by atoms with E-state index in [2.05, 4.69) is 42.9 Å². The van der Waals surface area contributed by atoms with Crippen molar-refractivity contribution in [3.63, 3.8) is 0 Å². The molecule has 1 aromatic heterocycles. The predicted octanol–water partition coefficient (Wildman–Crippen LogP) is 5.56. The number of hydrogen-bond acceptors (Lipinski definition) is 3. The molecule has 0 radical (unpaired) electrons. The van der Waals surface area contributed by atoms with Gasteiger partial charge in [-0.25, -0.2) is 9.37 Å². The maximum Gasteiger partial charge on any atom is 0.123 e. The Morgan fingerprint density at radius 3 is 2.61 bits per heavy atom. The third-order valence-corrected chi connectivity index (χ3v) is 8.16. The highest BCUT2D eigenvalue weighted by Crippen LogP contribution is 2.50. The lowest BCUT2D eigenvalue weighted by atomic mass is 9.66. The number of imidazole rings is 1. The Balaban J connectivity index is 1.22. The summed E-state index contributed by atoms with van der Waals surface area (Å²) in [5, 5.41) is 11.7. The van der Waals surface area contributed by atoms with Crippen molar-refractivity contribution in [2.24, 2.45) is 5.92 Å². The molecule has 1 heterocycles. The lowest BCUT2D eigenvalue weighted by Crippen LogP contribution is -2.45. The van der Waals surface area contributed by atoms with Gasteiger partial charge in [0.2, 0.25) is 0 Å². The molecule has 0 spiro atoms. The van der Waals surface area contributed by atoms with E-state index in [-0.39, 0.29) is 17.2 Å². The first-order chi connectivity index (χ1) is 15.8. The van der Waals surface area contributed by atoms with Gasteiger partial charge in [-0.1, -0.05) is 32.0 Å². The van der Waals surface area contributed by atoms with Crippen LogP contribution in [0.2, 0.25) is 0 Å². The van der Waals surface area contributed by atoms with Gasteiger partial charge in [0.25, 0.3) is 0 Å². The van der Waals surface area contributed by atoms with Crippen LogP contribution in [0.15, 0.2) is 42.5 Å². The number of H-pyrrole nitrogens is 1. The molecule has 0 saturated heterocycles. The first-order valence-corrected chi connectivity index (χ1v) is 12.4. The summed E-state index contributed by atoms with van der Waals surface area (Å²) in [7, 11) is 2.16. The van der Waals surface area contributed by atoms with E-state index in [1.54, 1.807) is 12.1 Å². The Kier molecular flexibility index (Phi) is 5.82. The van der Waals surface area contributed by atoms with Gasteiger partial charge in [-0.2, -0.15) is 0 Å². The average Bonchev–Trinajstić information content (AvgIpc) is 3.46. The van der Waals surface area contributed by atoms with Gasteiger partial charge >= 0.3 is 0 Å². The number of aryl methyl sites for hydroxylation is 1. The first kappa shape index (κ1) is 22.5. The minimum Gasteiger partial charge on any atom is -0.389 e. The zero-order chi connectivity index (χ0) is 23.2. The van der Waals surface area contributed by atoms with E-state index in [1.807, 2.05) is 18.2 Å². The van der Waals surface area contributed by atoms with E-state index in [9.17, 15) is 9.50 Å². The lowest BCUT2D eigenvalue weighted by Gasteiger charge is -2.44. The predicted molar refractivity (Wildman–Crippen MR) is 131 cm³/mol. The fraction of sp³-hybridized carbons (Fsp3) is 0.536. The van der Waals surface area contributed by atoms with Crippen LogP contribution in [0.3, 0.4) is 0 Å². The molecule has 1 unspecified atom stereocenters. The van der Waals surface area contributed by atoms with Crippen LogP contribution < -0.4 is 0 Å². The Morgan fingerprint density at radius 1 is 1.12 bits per heavy atom. The molecular formula is C28H36FN3O. The van der Waals surface area contributed by atoms with E-state index in [1.165, 1.54) is 12.8 Å². The number of aromatic nitrogens is 2. The van der Waals surface area contributed by atoms with Gasteiger partial charge in [0.1, 0.15) is 11.6 Å². The molecule has 2 atom stereocenters. The highest BCUT2D eigenvalue weighted by molar-refractivity contribution is 5.75. The quantitative estimate of drug-likeness (QED) is 0.473. The summed E-state index contributed by atoms with van der Waals surface area (Å²) in [6, 6.07) is 13.3. The molecule has 176 valence electrons. The standard InChI is InChI=1S/C28H36FN3O/c1-19(2)25-22-9-8-21(29)18-20(22)10-11-28(25,33)15-17-32(3)16-14-27(12-13-27)26-30-23-6-4-5-7-24(23)31-26/h4-9,18-19,25,33H,10-17H2,1-3H3,(H,30,31)/t25?,28-/m0/s1. The number of para-hydroxylation sites is 2. The Hall–Kier alpha value is -2.24. The molecule has 33 heavy (non-hydrogen) atoms. The lowest BCUT2D eigenvalue weighted by molar-refractivity contribution is -0.0302. The second kappa shape index (κ2) is 8.52. The van der Waals surface area contributed by atoms with Crippen molar-refractivity contribution in [3.8, 4) is 0 Å². The van der Waals surface area contributed by atoms with Crippen molar-refractivity contribution in [1.82, 2.24) is 14.9 Å². The number of hydrogen-bond donors (Lipinski definition) is 2. The number of halogens is 1. The topological polar surface area (TPSA) is 52.1 Å². The normalized spacial score (nSPS) is 23.9. The fourth-order valence-corrected chi connectivity index (χ4v) is 6.01. The molecule has 0 amide bonds. The molecule has 2 aromatic carbocycles. The number of benzene rings is 2.